The van der Waals surface area contributed by atoms with Gasteiger partial charge < -0.3 is 10.2 Å². The van der Waals surface area contributed by atoms with Crippen LogP contribution in [0.1, 0.15) is 5.56 Å². The molecule has 3 rings (SSSR count). The van der Waals surface area contributed by atoms with Crippen LogP contribution in [-0.4, -0.2) is 23.5 Å². The van der Waals surface area contributed by atoms with Crippen LogP contribution in [-0.2, 0) is 11.4 Å². The molecule has 1 fully saturated rings. The second-order valence-corrected chi connectivity index (χ2v) is 4.84. The van der Waals surface area contributed by atoms with E-state index in [1.165, 1.54) is 0 Å². The van der Waals surface area contributed by atoms with Gasteiger partial charge in [0.15, 0.2) is 0 Å². The molecule has 22 heavy (non-hydrogen) atoms. The van der Waals surface area contributed by atoms with Gasteiger partial charge in [0, 0.05) is 12.2 Å². The Kier molecular flexibility index (Phi) is 4.43. The molecule has 1 saturated heterocycles. The maximum absolute atomic E-state index is 11.8. The standard InChI is InChI=1S/C16H16N4O2/c21-16(17-14-9-5-2-6-10-14)18-15-12-20(19-22-15)11-13-7-3-1-4-8-13/h1-10,19H,11-12H2,(H,17,21)/b18-15+. The molecule has 6 nitrogen and oxygen atoms in total. The molecule has 2 N–H and O–H groups in total. The summed E-state index contributed by atoms with van der Waals surface area (Å²) in [6, 6.07) is 18.7. The first-order valence-corrected chi connectivity index (χ1v) is 6.94. The molecule has 1 aliphatic heterocycles. The number of benzene rings is 2. The molecule has 0 atom stereocenters. The van der Waals surface area contributed by atoms with Crippen LogP contribution < -0.4 is 10.9 Å². The Morgan fingerprint density at radius 2 is 1.82 bits per heavy atom. The summed E-state index contributed by atoms with van der Waals surface area (Å²) in [6.07, 6.45) is 0. The monoisotopic (exact) mass is 296 g/mol. The number of hydrazine groups is 1. The van der Waals surface area contributed by atoms with Crippen molar-refractivity contribution in [3.05, 3.63) is 66.2 Å². The number of hydrogen-bond donors (Lipinski definition) is 2. The molecular weight excluding hydrogens is 280 g/mol. The molecule has 0 spiro atoms. The molecule has 0 unspecified atom stereocenters. The highest BCUT2D eigenvalue weighted by Gasteiger charge is 2.20. The zero-order chi connectivity index (χ0) is 15.2. The first-order chi connectivity index (χ1) is 10.8. The number of rotatable bonds is 3. The second kappa shape index (κ2) is 6.84. The van der Waals surface area contributed by atoms with Gasteiger partial charge in [-0.25, -0.2) is 4.79 Å². The van der Waals surface area contributed by atoms with Gasteiger partial charge in [0.05, 0.1) is 6.54 Å². The Balaban J connectivity index is 1.54. The van der Waals surface area contributed by atoms with E-state index in [9.17, 15) is 4.79 Å². The maximum Gasteiger partial charge on any atom is 0.348 e. The number of hydrogen-bond acceptors (Lipinski definition) is 4. The topological polar surface area (TPSA) is 66.0 Å². The summed E-state index contributed by atoms with van der Waals surface area (Å²) in [6.45, 7) is 1.09. The highest BCUT2D eigenvalue weighted by Crippen LogP contribution is 2.08. The summed E-state index contributed by atoms with van der Waals surface area (Å²) in [5.41, 5.74) is 4.59. The van der Waals surface area contributed by atoms with Crippen molar-refractivity contribution < 1.29 is 9.63 Å². The first kappa shape index (κ1) is 14.2. The zero-order valence-corrected chi connectivity index (χ0v) is 11.9. The van der Waals surface area contributed by atoms with E-state index in [0.29, 0.717) is 24.7 Å². The first-order valence-electron chi connectivity index (χ1n) is 6.94. The second-order valence-electron chi connectivity index (χ2n) is 4.84. The van der Waals surface area contributed by atoms with Crippen molar-refractivity contribution in [2.75, 3.05) is 11.9 Å². The molecular formula is C16H16N4O2. The van der Waals surface area contributed by atoms with E-state index in [1.807, 2.05) is 53.5 Å². The third-order valence-electron chi connectivity index (χ3n) is 3.09. The molecule has 0 radical (unpaired) electrons. The van der Waals surface area contributed by atoms with Crippen LogP contribution in [0.15, 0.2) is 65.7 Å². The minimum atomic E-state index is -0.454. The quantitative estimate of drug-likeness (QED) is 0.913. The van der Waals surface area contributed by atoms with Crippen molar-refractivity contribution in [2.45, 2.75) is 6.54 Å². The predicted molar refractivity (Wildman–Crippen MR) is 84.0 cm³/mol. The lowest BCUT2D eigenvalue weighted by Crippen LogP contribution is -2.29. The average molecular weight is 296 g/mol. The van der Waals surface area contributed by atoms with E-state index in [2.05, 4.69) is 15.9 Å². The molecule has 6 heteroatoms. The number of anilines is 1. The zero-order valence-electron chi connectivity index (χ0n) is 11.9. The van der Waals surface area contributed by atoms with E-state index in [0.717, 1.165) is 5.56 Å². The third-order valence-corrected chi connectivity index (χ3v) is 3.09. The number of carbonyl (C=O) groups is 1. The van der Waals surface area contributed by atoms with Gasteiger partial charge in [-0.2, -0.15) is 10.0 Å². The SMILES string of the molecule is O=C(/N=C1\CN(Cc2ccccc2)NO1)Nc1ccccc1. The molecule has 0 saturated carbocycles. The fourth-order valence-electron chi connectivity index (χ4n) is 2.08. The van der Waals surface area contributed by atoms with Crippen molar-refractivity contribution in [2.24, 2.45) is 4.99 Å². The highest BCUT2D eigenvalue weighted by molar-refractivity contribution is 5.98. The third kappa shape index (κ3) is 3.91. The summed E-state index contributed by atoms with van der Waals surface area (Å²) < 4.78 is 0. The van der Waals surface area contributed by atoms with Gasteiger partial charge in [0.1, 0.15) is 0 Å². The van der Waals surface area contributed by atoms with Crippen molar-refractivity contribution >= 4 is 17.6 Å². The van der Waals surface area contributed by atoms with Crippen molar-refractivity contribution in [3.8, 4) is 0 Å². The van der Waals surface area contributed by atoms with Crippen LogP contribution >= 0.6 is 0 Å². The average Bonchev–Trinajstić information content (AvgIpc) is 2.96. The molecule has 2 aromatic rings. The van der Waals surface area contributed by atoms with Crippen LogP contribution in [0.5, 0.6) is 0 Å². The van der Waals surface area contributed by atoms with E-state index < -0.39 is 6.03 Å². The maximum atomic E-state index is 11.8. The van der Waals surface area contributed by atoms with Crippen LogP contribution in [0, 0.1) is 0 Å². The van der Waals surface area contributed by atoms with Crippen molar-refractivity contribution in [1.29, 1.82) is 0 Å². The van der Waals surface area contributed by atoms with Gasteiger partial charge in [-0.05, 0) is 17.7 Å². The highest BCUT2D eigenvalue weighted by atomic mass is 16.7. The Bertz CT molecular complexity index is 658. The van der Waals surface area contributed by atoms with Crippen LogP contribution in [0.4, 0.5) is 10.5 Å². The molecule has 2 amide bonds. The summed E-state index contributed by atoms with van der Waals surface area (Å²) >= 11 is 0. The molecule has 2 aromatic carbocycles. The van der Waals surface area contributed by atoms with Crippen LogP contribution in [0.25, 0.3) is 0 Å². The Morgan fingerprint density at radius 3 is 2.55 bits per heavy atom. The molecule has 0 aliphatic carbocycles. The Hall–Kier alpha value is -2.70. The summed E-state index contributed by atoms with van der Waals surface area (Å²) in [5.74, 6) is 0.337. The van der Waals surface area contributed by atoms with Gasteiger partial charge in [0.2, 0.25) is 5.90 Å². The molecule has 112 valence electrons. The summed E-state index contributed by atoms with van der Waals surface area (Å²) in [5, 5.41) is 4.52. The fraction of sp³-hybridized carbons (Fsp3) is 0.125. The largest absolute Gasteiger partial charge is 0.376 e. The number of nitrogens with one attached hydrogen (secondary N) is 2. The van der Waals surface area contributed by atoms with Crippen LogP contribution in [0.3, 0.4) is 0 Å². The van der Waals surface area contributed by atoms with Crippen molar-refractivity contribution in [3.63, 3.8) is 0 Å². The number of urea groups is 1. The van der Waals surface area contributed by atoms with Gasteiger partial charge in [-0.1, -0.05) is 54.1 Å². The lowest BCUT2D eigenvalue weighted by Gasteiger charge is -2.10. The Labute approximate surface area is 128 Å². The molecule has 0 aromatic heterocycles. The van der Waals surface area contributed by atoms with Gasteiger partial charge in [-0.15, -0.1) is 0 Å². The number of para-hydroxylation sites is 1. The van der Waals surface area contributed by atoms with E-state index in [-0.39, 0.29) is 0 Å². The van der Waals surface area contributed by atoms with Crippen LogP contribution in [0.2, 0.25) is 0 Å². The minimum absolute atomic E-state index is 0.337. The normalized spacial score (nSPS) is 16.5. The minimum Gasteiger partial charge on any atom is -0.376 e. The predicted octanol–water partition coefficient (Wildman–Crippen LogP) is 2.57. The van der Waals surface area contributed by atoms with Gasteiger partial charge in [-0.3, -0.25) is 0 Å². The van der Waals surface area contributed by atoms with E-state index >= 15 is 0 Å². The lowest BCUT2D eigenvalue weighted by molar-refractivity contribution is 0.0497. The molecule has 1 heterocycles. The molecule has 1 aliphatic rings. The number of nitrogens with zero attached hydrogens (tertiary/aromatic N) is 2. The number of carbonyl (C=O) groups excluding carboxylic acids is 1. The van der Waals surface area contributed by atoms with Gasteiger partial charge in [0.25, 0.3) is 0 Å². The number of aliphatic imine (C=N–C) groups is 1. The fourth-order valence-corrected chi connectivity index (χ4v) is 2.08. The van der Waals surface area contributed by atoms with Gasteiger partial charge >= 0.3 is 6.03 Å². The molecule has 0 bridgehead atoms. The Morgan fingerprint density at radius 1 is 1.14 bits per heavy atom. The van der Waals surface area contributed by atoms with Crippen molar-refractivity contribution in [1.82, 2.24) is 10.6 Å². The summed E-state index contributed by atoms with van der Waals surface area (Å²) in [7, 11) is 0. The van der Waals surface area contributed by atoms with E-state index in [4.69, 9.17) is 4.84 Å². The number of amides is 2. The van der Waals surface area contributed by atoms with E-state index in [1.54, 1.807) is 12.1 Å². The smallest absolute Gasteiger partial charge is 0.348 e. The lowest BCUT2D eigenvalue weighted by atomic mass is 10.2. The summed E-state index contributed by atoms with van der Waals surface area (Å²) in [4.78, 5) is 20.9.